The number of benzene rings is 1. The summed E-state index contributed by atoms with van der Waals surface area (Å²) in [7, 11) is 0. The van der Waals surface area contributed by atoms with Gasteiger partial charge in [0.1, 0.15) is 10.4 Å². The fourth-order valence-corrected chi connectivity index (χ4v) is 3.39. The second-order valence-corrected chi connectivity index (χ2v) is 6.18. The Labute approximate surface area is 139 Å². The lowest BCUT2D eigenvalue weighted by molar-refractivity contribution is 0.208. The second-order valence-electron chi connectivity index (χ2n) is 4.28. The highest BCUT2D eigenvalue weighted by molar-refractivity contribution is 7.99. The van der Waals surface area contributed by atoms with E-state index in [2.05, 4.69) is 9.97 Å². The number of hydrogen-bond acceptors (Lipinski definition) is 4. The highest BCUT2D eigenvalue weighted by atomic mass is 35.5. The number of halogens is 2. The van der Waals surface area contributed by atoms with Gasteiger partial charge in [0.05, 0.1) is 10.5 Å². The lowest BCUT2D eigenvalue weighted by Crippen LogP contribution is -2.16. The number of nitrogens with one attached hydrogen (secondary N) is 1. The van der Waals surface area contributed by atoms with Gasteiger partial charge in [-0.05, 0) is 30.3 Å². The zero-order valence-corrected chi connectivity index (χ0v) is 13.3. The van der Waals surface area contributed by atoms with Crippen LogP contribution in [0.25, 0.3) is 11.0 Å². The first-order valence-corrected chi connectivity index (χ1v) is 7.68. The van der Waals surface area contributed by atoms with Gasteiger partial charge < -0.3 is 15.5 Å². The smallest absolute Gasteiger partial charge is 0.392 e. The van der Waals surface area contributed by atoms with Gasteiger partial charge in [-0.2, -0.15) is 0 Å². The van der Waals surface area contributed by atoms with Crippen molar-refractivity contribution < 1.29 is 9.53 Å². The van der Waals surface area contributed by atoms with Gasteiger partial charge in [-0.3, -0.25) is 4.98 Å². The molecule has 22 heavy (non-hydrogen) atoms. The van der Waals surface area contributed by atoms with Crippen LogP contribution in [0, 0.1) is 0 Å². The minimum Gasteiger partial charge on any atom is -0.392 e. The zero-order valence-electron chi connectivity index (χ0n) is 11.0. The fraction of sp³-hybridized carbons (Fsp3) is 0. The number of carbonyl (C=O) groups is 1. The average Bonchev–Trinajstić information content (AvgIpc) is 2.80. The van der Waals surface area contributed by atoms with Gasteiger partial charge in [0.15, 0.2) is 0 Å². The first-order chi connectivity index (χ1) is 10.5. The van der Waals surface area contributed by atoms with Crippen LogP contribution in [0.4, 0.5) is 4.79 Å². The van der Waals surface area contributed by atoms with E-state index >= 15 is 0 Å². The molecule has 1 aromatic carbocycles. The predicted molar refractivity (Wildman–Crippen MR) is 86.9 cm³/mol. The van der Waals surface area contributed by atoms with Crippen molar-refractivity contribution in [3.8, 4) is 5.88 Å². The quantitative estimate of drug-likeness (QED) is 0.727. The van der Waals surface area contributed by atoms with Crippen LogP contribution < -0.4 is 10.5 Å². The molecule has 0 fully saturated rings. The summed E-state index contributed by atoms with van der Waals surface area (Å²) in [6.45, 7) is 0. The number of aromatic nitrogens is 2. The topological polar surface area (TPSA) is 81.0 Å². The number of H-pyrrole nitrogens is 1. The highest BCUT2D eigenvalue weighted by Gasteiger charge is 2.18. The molecular formula is C14H9Cl2N3O2S. The maximum Gasteiger partial charge on any atom is 0.411 e. The molecule has 2 heterocycles. The monoisotopic (exact) mass is 353 g/mol. The van der Waals surface area contributed by atoms with Crippen LogP contribution in [-0.2, 0) is 0 Å². The molecule has 2 aromatic heterocycles. The molecule has 0 saturated heterocycles. The maximum atomic E-state index is 11.1. The Morgan fingerprint density at radius 3 is 2.91 bits per heavy atom. The van der Waals surface area contributed by atoms with Gasteiger partial charge in [-0.25, -0.2) is 4.79 Å². The van der Waals surface area contributed by atoms with Crippen molar-refractivity contribution in [1.29, 1.82) is 0 Å². The first-order valence-electron chi connectivity index (χ1n) is 6.11. The van der Waals surface area contributed by atoms with Gasteiger partial charge in [-0.15, -0.1) is 0 Å². The number of pyridine rings is 1. The molecule has 3 aromatic rings. The summed E-state index contributed by atoms with van der Waals surface area (Å²) < 4.78 is 5.02. The van der Waals surface area contributed by atoms with Crippen LogP contribution in [0.5, 0.6) is 5.88 Å². The Balaban J connectivity index is 2.11. The number of nitrogens with zero attached hydrogens (tertiary/aromatic N) is 1. The van der Waals surface area contributed by atoms with Gasteiger partial charge in [0.25, 0.3) is 0 Å². The molecule has 0 aliphatic heterocycles. The molecular weight excluding hydrogens is 345 g/mol. The van der Waals surface area contributed by atoms with E-state index in [4.69, 9.17) is 33.7 Å². The van der Waals surface area contributed by atoms with Crippen molar-refractivity contribution in [2.75, 3.05) is 0 Å². The molecule has 0 bridgehead atoms. The van der Waals surface area contributed by atoms with E-state index in [1.54, 1.807) is 30.5 Å². The highest BCUT2D eigenvalue weighted by Crippen LogP contribution is 2.42. The number of fused-ring (bicyclic) bond motifs is 1. The lowest BCUT2D eigenvalue weighted by atomic mass is 10.4. The number of ether oxygens (including phenoxy) is 1. The first kappa shape index (κ1) is 15.0. The van der Waals surface area contributed by atoms with E-state index in [1.807, 2.05) is 6.07 Å². The molecule has 0 aliphatic rings. The number of carbonyl (C=O) groups excluding carboxylic acids is 1. The van der Waals surface area contributed by atoms with Gasteiger partial charge >= 0.3 is 6.09 Å². The van der Waals surface area contributed by atoms with E-state index in [0.29, 0.717) is 20.5 Å². The van der Waals surface area contributed by atoms with E-state index in [0.717, 1.165) is 10.4 Å². The van der Waals surface area contributed by atoms with Crippen molar-refractivity contribution >= 4 is 52.1 Å². The Hall–Kier alpha value is -1.89. The predicted octanol–water partition coefficient (Wildman–Crippen LogP) is 4.48. The molecule has 5 nitrogen and oxygen atoms in total. The van der Waals surface area contributed by atoms with Crippen molar-refractivity contribution in [3.05, 3.63) is 46.6 Å². The standard InChI is InChI=1S/C14H9Cl2N3O2S/c15-7-3-4-8(16)10(6-7)22-12-11-9(2-1-5-18-11)19-13(12)21-14(17)20/h1-6,19H,(H2,17,20). The van der Waals surface area contributed by atoms with Crippen molar-refractivity contribution in [3.63, 3.8) is 0 Å². The normalized spacial score (nSPS) is 10.8. The molecule has 112 valence electrons. The molecule has 3 N–H and O–H groups in total. The molecule has 3 rings (SSSR count). The minimum atomic E-state index is -0.911. The van der Waals surface area contributed by atoms with Crippen LogP contribution in [0.3, 0.4) is 0 Å². The van der Waals surface area contributed by atoms with E-state index in [1.165, 1.54) is 11.8 Å². The SMILES string of the molecule is NC(=O)Oc1[nH]c2cccnc2c1Sc1cc(Cl)ccc1Cl. The molecule has 0 unspecified atom stereocenters. The van der Waals surface area contributed by atoms with E-state index in [9.17, 15) is 4.79 Å². The summed E-state index contributed by atoms with van der Waals surface area (Å²) in [5, 5.41) is 1.08. The summed E-state index contributed by atoms with van der Waals surface area (Å²) in [6, 6.07) is 8.71. The number of rotatable bonds is 3. The molecule has 0 spiro atoms. The summed E-state index contributed by atoms with van der Waals surface area (Å²) in [6.07, 6.45) is 0.735. The number of amides is 1. The minimum absolute atomic E-state index is 0.224. The number of hydrogen-bond donors (Lipinski definition) is 2. The summed E-state index contributed by atoms with van der Waals surface area (Å²) >= 11 is 13.5. The summed E-state index contributed by atoms with van der Waals surface area (Å²) in [5.74, 6) is 0.224. The Morgan fingerprint density at radius 1 is 1.32 bits per heavy atom. The Kier molecular flexibility index (Phi) is 4.15. The average molecular weight is 354 g/mol. The van der Waals surface area contributed by atoms with Crippen LogP contribution in [0.2, 0.25) is 10.0 Å². The number of aromatic amines is 1. The largest absolute Gasteiger partial charge is 0.411 e. The van der Waals surface area contributed by atoms with Crippen LogP contribution in [0.15, 0.2) is 46.3 Å². The third-order valence-electron chi connectivity index (χ3n) is 2.79. The lowest BCUT2D eigenvalue weighted by Gasteiger charge is -2.06. The van der Waals surface area contributed by atoms with Gasteiger partial charge in [-0.1, -0.05) is 35.0 Å². The molecule has 1 amide bonds. The van der Waals surface area contributed by atoms with Gasteiger partial charge in [0.2, 0.25) is 5.88 Å². The van der Waals surface area contributed by atoms with Crippen molar-refractivity contribution in [2.45, 2.75) is 9.79 Å². The van der Waals surface area contributed by atoms with Gasteiger partial charge in [0, 0.05) is 16.1 Å². The third-order valence-corrected chi connectivity index (χ3v) is 4.60. The van der Waals surface area contributed by atoms with Crippen LogP contribution in [0.1, 0.15) is 0 Å². The second kappa shape index (κ2) is 6.08. The van der Waals surface area contributed by atoms with Crippen molar-refractivity contribution in [2.24, 2.45) is 5.73 Å². The Bertz CT molecular complexity index is 866. The summed E-state index contributed by atoms with van der Waals surface area (Å²) in [4.78, 5) is 19.7. The van der Waals surface area contributed by atoms with Crippen molar-refractivity contribution in [1.82, 2.24) is 9.97 Å². The fourth-order valence-electron chi connectivity index (χ4n) is 1.91. The third kappa shape index (κ3) is 2.99. The molecule has 0 saturated carbocycles. The molecule has 0 atom stereocenters. The van der Waals surface area contributed by atoms with Crippen LogP contribution >= 0.6 is 35.0 Å². The summed E-state index contributed by atoms with van der Waals surface area (Å²) in [5.41, 5.74) is 6.48. The maximum absolute atomic E-state index is 11.1. The molecule has 0 aliphatic carbocycles. The van der Waals surface area contributed by atoms with E-state index < -0.39 is 6.09 Å². The molecule has 0 radical (unpaired) electrons. The van der Waals surface area contributed by atoms with Crippen LogP contribution in [-0.4, -0.2) is 16.1 Å². The Morgan fingerprint density at radius 2 is 2.14 bits per heavy atom. The number of primary amides is 1. The zero-order chi connectivity index (χ0) is 15.7. The number of nitrogens with two attached hydrogens (primary N) is 1. The molecule has 8 heteroatoms. The van der Waals surface area contributed by atoms with E-state index in [-0.39, 0.29) is 5.88 Å².